The van der Waals surface area contributed by atoms with E-state index in [-0.39, 0.29) is 44.2 Å². The van der Waals surface area contributed by atoms with Crippen molar-refractivity contribution in [2.24, 2.45) is 0 Å². The quantitative estimate of drug-likeness (QED) is 0.517. The van der Waals surface area contributed by atoms with Gasteiger partial charge in [-0.1, -0.05) is 9.13 Å². The third-order valence-corrected chi connectivity index (χ3v) is 0. The number of hydrogen-bond donors (Lipinski definition) is 0. The van der Waals surface area contributed by atoms with Gasteiger partial charge in [0.1, 0.15) is 13.3 Å². The molecule has 0 bridgehead atoms. The average molecular weight is 172 g/mol. The minimum Gasteiger partial charge on any atom is -1.00 e. The summed E-state index contributed by atoms with van der Waals surface area (Å²) in [5.74, 6) is 0. The zero-order valence-corrected chi connectivity index (χ0v) is 8.20. The van der Waals surface area contributed by atoms with Gasteiger partial charge in [0, 0.05) is 25.8 Å². The van der Waals surface area contributed by atoms with E-state index in [0.29, 0.717) is 0 Å². The van der Waals surface area contributed by atoms with Crippen molar-refractivity contribution in [3.05, 3.63) is 0 Å². The Morgan fingerprint density at radius 1 is 1.14 bits per heavy atom. The van der Waals surface area contributed by atoms with Crippen LogP contribution in [0, 0.1) is 0 Å². The molecule has 0 amide bonds. The van der Waals surface area contributed by atoms with Crippen LogP contribution in [0.3, 0.4) is 0 Å². The molecule has 5 heteroatoms. The fourth-order valence-corrected chi connectivity index (χ4v) is 0. The smallest absolute Gasteiger partial charge is 0.321 e. The Kier molecular flexibility index (Phi) is 62.0. The first-order valence-electron chi connectivity index (χ1n) is 1.41. The summed E-state index contributed by atoms with van der Waals surface area (Å²) in [7, 11) is -0.333. The molecule has 0 rings (SSSR count). The zero-order valence-electron chi connectivity index (χ0n) is 5.39. The van der Waals surface area contributed by atoms with E-state index in [9.17, 15) is 0 Å². The minimum atomic E-state index is -0.167. The van der Waals surface area contributed by atoms with Crippen LogP contribution in [0.15, 0.2) is 0 Å². The molecule has 0 aliphatic rings. The van der Waals surface area contributed by atoms with Crippen molar-refractivity contribution in [2.45, 2.75) is 0 Å². The van der Waals surface area contributed by atoms with Crippen molar-refractivity contribution >= 4 is 16.9 Å². The third kappa shape index (κ3) is 159. The largest absolute Gasteiger partial charge is 1.00 e. The van der Waals surface area contributed by atoms with E-state index in [1.54, 1.807) is 13.3 Å². The molecule has 0 aliphatic heterocycles. The van der Waals surface area contributed by atoms with Crippen molar-refractivity contribution in [2.75, 3.05) is 13.3 Å². The van der Waals surface area contributed by atoms with Gasteiger partial charge in [-0.05, 0) is 0 Å². The summed E-state index contributed by atoms with van der Waals surface area (Å²) in [6.07, 6.45) is 0. The monoisotopic (exact) mass is 172 g/mol. The summed E-state index contributed by atoms with van der Waals surface area (Å²) in [6.45, 7) is 3.19. The van der Waals surface area contributed by atoms with Gasteiger partial charge >= 0.3 is 16.9 Å². The fourth-order valence-electron chi connectivity index (χ4n) is 0. The van der Waals surface area contributed by atoms with Crippen LogP contribution >= 0.6 is 16.9 Å². The summed E-state index contributed by atoms with van der Waals surface area (Å²) in [5.41, 5.74) is 0. The number of hydrogen-bond acceptors (Lipinski definition) is 2. The second kappa shape index (κ2) is 27.6. The number of rotatable bonds is 0. The molecule has 1 radical (unpaired) electrons. The van der Waals surface area contributed by atoms with Gasteiger partial charge in [-0.15, -0.1) is 0 Å². The maximum absolute atomic E-state index is 8.96. The molecule has 0 aliphatic carbocycles. The zero-order chi connectivity index (χ0) is 5.41. The Hall–Kier alpha value is 1.07. The van der Waals surface area contributed by atoms with Gasteiger partial charge in [0.15, 0.2) is 0 Å². The predicted molar refractivity (Wildman–Crippen MR) is 31.0 cm³/mol. The molecular weight excluding hydrogens is 163 g/mol. The molecule has 0 saturated carbocycles. The average Bonchev–Trinajstić information content (AvgIpc) is 1.39. The van der Waals surface area contributed by atoms with Gasteiger partial charge in [-0.2, -0.15) is 0 Å². The Morgan fingerprint density at radius 2 is 1.14 bits per heavy atom. The van der Waals surface area contributed by atoms with E-state index in [4.69, 9.17) is 9.13 Å². The summed E-state index contributed by atoms with van der Waals surface area (Å²) in [4.78, 5) is 0. The van der Waals surface area contributed by atoms with Crippen molar-refractivity contribution in [3.63, 3.8) is 0 Å². The summed E-state index contributed by atoms with van der Waals surface area (Å²) in [5, 5.41) is 0. The normalized spacial score (nSPS) is 6.00. The standard InChI is InChI=1S/2CH3OP.Sc.H/c2*1-3-2;;/h2*1H3;;/q;;;-1/p+2. The Balaban J connectivity index is -0.0000000160. The van der Waals surface area contributed by atoms with Gasteiger partial charge in [0.25, 0.3) is 0 Å². The third-order valence-electron chi connectivity index (χ3n) is 0. The van der Waals surface area contributed by atoms with E-state index in [0.717, 1.165) is 0 Å². The van der Waals surface area contributed by atoms with E-state index in [1.165, 1.54) is 0 Å². The van der Waals surface area contributed by atoms with Crippen molar-refractivity contribution in [1.29, 1.82) is 0 Å². The van der Waals surface area contributed by atoms with E-state index in [2.05, 4.69) is 0 Å². The molecule has 0 spiro atoms. The predicted octanol–water partition coefficient (Wildman–Crippen LogP) is 1.39. The molecule has 0 heterocycles. The van der Waals surface area contributed by atoms with Gasteiger partial charge < -0.3 is 1.43 Å². The van der Waals surface area contributed by atoms with Crippen LogP contribution < -0.4 is 0 Å². The van der Waals surface area contributed by atoms with Crippen LogP contribution in [0.2, 0.25) is 0 Å². The molecule has 0 aromatic rings. The second-order valence-corrected chi connectivity index (χ2v) is 1.22. The van der Waals surface area contributed by atoms with E-state index < -0.39 is 0 Å². The Morgan fingerprint density at radius 3 is 1.14 bits per heavy atom. The van der Waals surface area contributed by atoms with Gasteiger partial charge in [0.2, 0.25) is 0 Å². The molecule has 0 aromatic heterocycles. The maximum atomic E-state index is 8.96. The topological polar surface area (TPSA) is 34.1 Å². The fraction of sp³-hybridized carbons (Fsp3) is 1.00. The van der Waals surface area contributed by atoms with Crippen molar-refractivity contribution in [1.82, 2.24) is 0 Å². The molecule has 0 saturated heterocycles. The molecule has 2 atom stereocenters. The summed E-state index contributed by atoms with van der Waals surface area (Å²) in [6, 6.07) is 0. The molecule has 0 fully saturated rings. The van der Waals surface area contributed by atoms with Crippen LogP contribution in [-0.2, 0) is 35.0 Å². The minimum absolute atomic E-state index is 0. The van der Waals surface area contributed by atoms with Crippen LogP contribution in [0.1, 0.15) is 1.43 Å². The molecule has 0 aromatic carbocycles. The first-order valence-corrected chi connectivity index (χ1v) is 4.22. The molecule has 2 nitrogen and oxygen atoms in total. The molecular formula is C2H9O2P2Sc+. The second-order valence-electron chi connectivity index (χ2n) is 0.408. The molecule has 41 valence electrons. The van der Waals surface area contributed by atoms with Crippen LogP contribution in [0.5, 0.6) is 0 Å². The van der Waals surface area contributed by atoms with Gasteiger partial charge in [-0.25, -0.2) is 0 Å². The van der Waals surface area contributed by atoms with Gasteiger partial charge in [0.05, 0.1) is 0 Å². The van der Waals surface area contributed by atoms with Crippen molar-refractivity contribution < 1.29 is 36.4 Å². The van der Waals surface area contributed by atoms with Gasteiger partial charge in [-0.3, -0.25) is 0 Å². The van der Waals surface area contributed by atoms with E-state index in [1.807, 2.05) is 0 Å². The summed E-state index contributed by atoms with van der Waals surface area (Å²) < 4.78 is 17.9. The Labute approximate surface area is 66.7 Å². The molecule has 2 unspecified atom stereocenters. The Bertz CT molecular complexity index is 39.0. The molecule has 0 N–H and O–H groups in total. The SMILES string of the molecule is C[PH+]=O.C[PH+]=O.[H-].[Sc]. The molecule has 7 heavy (non-hydrogen) atoms. The van der Waals surface area contributed by atoms with E-state index >= 15 is 0 Å². The van der Waals surface area contributed by atoms with Crippen molar-refractivity contribution in [3.8, 4) is 0 Å². The van der Waals surface area contributed by atoms with Crippen LogP contribution in [0.25, 0.3) is 0 Å². The first kappa shape index (κ1) is 15.7. The first-order chi connectivity index (χ1) is 2.83. The van der Waals surface area contributed by atoms with Crippen LogP contribution in [0.4, 0.5) is 0 Å². The van der Waals surface area contributed by atoms with Crippen LogP contribution in [-0.4, -0.2) is 13.3 Å². The maximum Gasteiger partial charge on any atom is 0.321 e. The summed E-state index contributed by atoms with van der Waals surface area (Å²) >= 11 is 0.